The molecule has 0 aliphatic carbocycles. The third kappa shape index (κ3) is 6.42. The van der Waals surface area contributed by atoms with Crippen molar-refractivity contribution in [2.24, 2.45) is 0 Å². The molecule has 0 unspecified atom stereocenters. The lowest BCUT2D eigenvalue weighted by Crippen LogP contribution is -2.38. The fourth-order valence-corrected chi connectivity index (χ4v) is 2.49. The lowest BCUT2D eigenvalue weighted by Gasteiger charge is -2.17. The fourth-order valence-electron chi connectivity index (χ4n) is 2.22. The Kier molecular flexibility index (Phi) is 6.81. The first kappa shape index (κ1) is 18.0. The van der Waals surface area contributed by atoms with Crippen LogP contribution in [0.25, 0.3) is 0 Å². The molecule has 0 bridgehead atoms. The standard InChI is InChI=1S/C18H18BrNO4/c19-15-8-6-13(7-9-15)10-16(11-17(21)22)20-18(23)24-12-14-4-2-1-3-5-14/h1-9,16H,10-12H2,(H,20,23)(H,21,22)/t16-/m1/s1. The number of carbonyl (C=O) groups excluding carboxylic acids is 1. The molecule has 2 aromatic carbocycles. The average Bonchev–Trinajstić information content (AvgIpc) is 2.55. The molecule has 1 amide bonds. The Labute approximate surface area is 148 Å². The van der Waals surface area contributed by atoms with Crippen LogP contribution in [-0.4, -0.2) is 23.2 Å². The van der Waals surface area contributed by atoms with Gasteiger partial charge in [-0.15, -0.1) is 0 Å². The van der Waals surface area contributed by atoms with Gasteiger partial charge in [0.1, 0.15) is 6.61 Å². The van der Waals surface area contributed by atoms with Crippen LogP contribution in [-0.2, 0) is 22.6 Å². The predicted molar refractivity (Wildman–Crippen MR) is 93.6 cm³/mol. The summed E-state index contributed by atoms with van der Waals surface area (Å²) in [5.74, 6) is -0.972. The van der Waals surface area contributed by atoms with E-state index in [0.29, 0.717) is 6.42 Å². The number of halogens is 1. The summed E-state index contributed by atoms with van der Waals surface area (Å²) in [6.07, 6.45) is -0.376. The number of hydrogen-bond donors (Lipinski definition) is 2. The van der Waals surface area contributed by atoms with E-state index >= 15 is 0 Å². The lowest BCUT2D eigenvalue weighted by molar-refractivity contribution is -0.137. The largest absolute Gasteiger partial charge is 0.481 e. The molecule has 6 heteroatoms. The van der Waals surface area contributed by atoms with Crippen molar-refractivity contribution in [3.8, 4) is 0 Å². The third-order valence-corrected chi connectivity index (χ3v) is 3.88. The molecule has 0 heterocycles. The first-order chi connectivity index (χ1) is 11.5. The van der Waals surface area contributed by atoms with E-state index in [1.165, 1.54) is 0 Å². The molecule has 24 heavy (non-hydrogen) atoms. The van der Waals surface area contributed by atoms with Crippen LogP contribution in [0.5, 0.6) is 0 Å². The Morgan fingerprint density at radius 1 is 1.04 bits per heavy atom. The van der Waals surface area contributed by atoms with Gasteiger partial charge in [0.15, 0.2) is 0 Å². The highest BCUT2D eigenvalue weighted by molar-refractivity contribution is 9.10. The molecule has 0 radical (unpaired) electrons. The normalized spacial score (nSPS) is 11.5. The minimum absolute atomic E-state index is 0.144. The third-order valence-electron chi connectivity index (χ3n) is 3.35. The first-order valence-corrected chi connectivity index (χ1v) is 8.25. The van der Waals surface area contributed by atoms with Crippen molar-refractivity contribution in [1.82, 2.24) is 5.32 Å². The molecule has 0 aromatic heterocycles. The molecule has 1 atom stereocenters. The summed E-state index contributed by atoms with van der Waals surface area (Å²) in [7, 11) is 0. The van der Waals surface area contributed by atoms with Gasteiger partial charge in [-0.3, -0.25) is 4.79 Å². The Hall–Kier alpha value is -2.34. The van der Waals surface area contributed by atoms with Crippen molar-refractivity contribution in [2.75, 3.05) is 0 Å². The Bertz CT molecular complexity index is 673. The van der Waals surface area contributed by atoms with Gasteiger partial charge in [0, 0.05) is 10.5 Å². The number of carboxylic acids is 1. The van der Waals surface area contributed by atoms with E-state index in [4.69, 9.17) is 9.84 Å². The fraction of sp³-hybridized carbons (Fsp3) is 0.222. The molecule has 0 aliphatic heterocycles. The van der Waals surface area contributed by atoms with Gasteiger partial charge < -0.3 is 15.2 Å². The van der Waals surface area contributed by atoms with Crippen LogP contribution >= 0.6 is 15.9 Å². The lowest BCUT2D eigenvalue weighted by atomic mass is 10.0. The van der Waals surface area contributed by atoms with E-state index in [1.54, 1.807) is 0 Å². The number of hydrogen-bond acceptors (Lipinski definition) is 3. The molecule has 2 rings (SSSR count). The zero-order valence-electron chi connectivity index (χ0n) is 12.9. The summed E-state index contributed by atoms with van der Waals surface area (Å²) in [5, 5.41) is 11.7. The first-order valence-electron chi connectivity index (χ1n) is 7.46. The molecular weight excluding hydrogens is 374 g/mol. The highest BCUT2D eigenvalue weighted by Gasteiger charge is 2.17. The number of alkyl carbamates (subject to hydrolysis) is 1. The minimum Gasteiger partial charge on any atom is -0.481 e. The zero-order chi connectivity index (χ0) is 17.4. The zero-order valence-corrected chi connectivity index (χ0v) is 14.5. The summed E-state index contributed by atoms with van der Waals surface area (Å²) < 4.78 is 6.09. The molecule has 0 saturated heterocycles. The van der Waals surface area contributed by atoms with E-state index in [2.05, 4.69) is 21.2 Å². The van der Waals surface area contributed by atoms with Gasteiger partial charge in [0.25, 0.3) is 0 Å². The van der Waals surface area contributed by atoms with Gasteiger partial charge in [0.2, 0.25) is 0 Å². The predicted octanol–water partition coefficient (Wildman–Crippen LogP) is 3.76. The second-order valence-corrected chi connectivity index (χ2v) is 6.25. The number of rotatable bonds is 7. The van der Waals surface area contributed by atoms with E-state index in [-0.39, 0.29) is 13.0 Å². The van der Waals surface area contributed by atoms with E-state index in [0.717, 1.165) is 15.6 Å². The highest BCUT2D eigenvalue weighted by Crippen LogP contribution is 2.13. The maximum absolute atomic E-state index is 11.9. The maximum atomic E-state index is 11.9. The van der Waals surface area contributed by atoms with Crippen molar-refractivity contribution in [3.63, 3.8) is 0 Å². The molecule has 0 fully saturated rings. The van der Waals surface area contributed by atoms with Gasteiger partial charge in [-0.25, -0.2) is 4.79 Å². The van der Waals surface area contributed by atoms with E-state index < -0.39 is 18.1 Å². The number of benzene rings is 2. The Morgan fingerprint density at radius 3 is 2.33 bits per heavy atom. The smallest absolute Gasteiger partial charge is 0.407 e. The monoisotopic (exact) mass is 391 g/mol. The van der Waals surface area contributed by atoms with Crippen molar-refractivity contribution in [2.45, 2.75) is 25.5 Å². The molecule has 126 valence electrons. The Morgan fingerprint density at radius 2 is 1.71 bits per heavy atom. The summed E-state index contributed by atoms with van der Waals surface area (Å²) in [6, 6.07) is 16.3. The highest BCUT2D eigenvalue weighted by atomic mass is 79.9. The number of nitrogens with one attached hydrogen (secondary N) is 1. The molecular formula is C18H18BrNO4. The van der Waals surface area contributed by atoms with Crippen LogP contribution in [0.1, 0.15) is 17.5 Å². The van der Waals surface area contributed by atoms with Gasteiger partial charge in [-0.05, 0) is 29.7 Å². The van der Waals surface area contributed by atoms with Crippen molar-refractivity contribution < 1.29 is 19.4 Å². The molecule has 0 aliphatic rings. The van der Waals surface area contributed by atoms with Crippen molar-refractivity contribution >= 4 is 28.0 Å². The summed E-state index contributed by atoms with van der Waals surface area (Å²) >= 11 is 3.35. The van der Waals surface area contributed by atoms with Gasteiger partial charge in [-0.1, -0.05) is 58.4 Å². The SMILES string of the molecule is O=C(O)C[C@@H](Cc1ccc(Br)cc1)NC(=O)OCc1ccccc1. The molecule has 2 N–H and O–H groups in total. The van der Waals surface area contributed by atoms with Gasteiger partial charge >= 0.3 is 12.1 Å². The van der Waals surface area contributed by atoms with Crippen LogP contribution in [0.4, 0.5) is 4.79 Å². The summed E-state index contributed by atoms with van der Waals surface area (Å²) in [4.78, 5) is 22.9. The molecule has 5 nitrogen and oxygen atoms in total. The van der Waals surface area contributed by atoms with E-state index in [1.807, 2.05) is 54.6 Å². The average molecular weight is 392 g/mol. The number of ether oxygens (including phenoxy) is 1. The van der Waals surface area contributed by atoms with Crippen LogP contribution < -0.4 is 5.32 Å². The number of carboxylic acid groups (broad SMARTS) is 1. The van der Waals surface area contributed by atoms with E-state index in [9.17, 15) is 9.59 Å². The Balaban J connectivity index is 1.91. The molecule has 2 aromatic rings. The van der Waals surface area contributed by atoms with Crippen LogP contribution in [0, 0.1) is 0 Å². The number of aliphatic carboxylic acids is 1. The quantitative estimate of drug-likeness (QED) is 0.753. The van der Waals surface area contributed by atoms with Crippen molar-refractivity contribution in [1.29, 1.82) is 0 Å². The topological polar surface area (TPSA) is 75.6 Å². The second kappa shape index (κ2) is 9.08. The summed E-state index contributed by atoms with van der Waals surface area (Å²) in [6.45, 7) is 0.144. The summed E-state index contributed by atoms with van der Waals surface area (Å²) in [5.41, 5.74) is 1.81. The number of carbonyl (C=O) groups is 2. The maximum Gasteiger partial charge on any atom is 0.407 e. The number of amides is 1. The van der Waals surface area contributed by atoms with Gasteiger partial charge in [0.05, 0.1) is 6.42 Å². The van der Waals surface area contributed by atoms with Crippen LogP contribution in [0.2, 0.25) is 0 Å². The second-order valence-electron chi connectivity index (χ2n) is 5.33. The van der Waals surface area contributed by atoms with Crippen molar-refractivity contribution in [3.05, 3.63) is 70.2 Å². The van der Waals surface area contributed by atoms with Gasteiger partial charge in [-0.2, -0.15) is 0 Å². The minimum atomic E-state index is -0.972. The molecule has 0 spiro atoms. The van der Waals surface area contributed by atoms with Crippen LogP contribution in [0.15, 0.2) is 59.1 Å². The molecule has 0 saturated carbocycles. The van der Waals surface area contributed by atoms with Crippen LogP contribution in [0.3, 0.4) is 0 Å².